The van der Waals surface area contributed by atoms with Gasteiger partial charge in [-0.2, -0.15) is 0 Å². The van der Waals surface area contributed by atoms with Crippen LogP contribution in [0, 0.1) is 0 Å². The Morgan fingerprint density at radius 1 is 1.61 bits per heavy atom. The van der Waals surface area contributed by atoms with E-state index in [1.54, 1.807) is 6.20 Å². The Balaban J connectivity index is 2.55. The molecule has 0 saturated carbocycles. The van der Waals surface area contributed by atoms with E-state index in [0.717, 1.165) is 13.0 Å². The van der Waals surface area contributed by atoms with Gasteiger partial charge in [0.2, 0.25) is 5.95 Å². The van der Waals surface area contributed by atoms with Gasteiger partial charge in [-0.15, -0.1) is 11.8 Å². The van der Waals surface area contributed by atoms with Crippen LogP contribution in [0.15, 0.2) is 11.2 Å². The van der Waals surface area contributed by atoms with Gasteiger partial charge >= 0.3 is 5.97 Å². The summed E-state index contributed by atoms with van der Waals surface area (Å²) in [6.45, 7) is 2.88. The molecule has 0 aliphatic heterocycles. The average Bonchev–Trinajstić information content (AvgIpc) is 2.39. The van der Waals surface area contributed by atoms with E-state index in [1.807, 2.05) is 0 Å². The van der Waals surface area contributed by atoms with E-state index >= 15 is 0 Å². The number of rotatable bonds is 7. The summed E-state index contributed by atoms with van der Waals surface area (Å²) in [7, 11) is 1.37. The number of anilines is 1. The van der Waals surface area contributed by atoms with Gasteiger partial charge in [0, 0.05) is 12.3 Å². The highest BCUT2D eigenvalue weighted by Gasteiger charge is 2.07. The number of esters is 1. The third kappa shape index (κ3) is 5.10. The number of hydrogen-bond acceptors (Lipinski definition) is 6. The van der Waals surface area contributed by atoms with Crippen molar-refractivity contribution in [2.45, 2.75) is 24.8 Å². The number of methoxy groups -OCH3 is 1. The van der Waals surface area contributed by atoms with Gasteiger partial charge in [0.1, 0.15) is 5.03 Å². The van der Waals surface area contributed by atoms with Crippen LogP contribution in [0.3, 0.4) is 0 Å². The second-order valence-electron chi connectivity index (χ2n) is 3.45. The molecule has 0 atom stereocenters. The van der Waals surface area contributed by atoms with Crippen LogP contribution in [0.1, 0.15) is 19.8 Å². The van der Waals surface area contributed by atoms with Crippen molar-refractivity contribution in [3.05, 3.63) is 11.2 Å². The van der Waals surface area contributed by atoms with Gasteiger partial charge in [-0.1, -0.05) is 18.5 Å². The van der Waals surface area contributed by atoms with E-state index in [2.05, 4.69) is 26.9 Å². The number of nitrogens with zero attached hydrogens (tertiary/aromatic N) is 2. The summed E-state index contributed by atoms with van der Waals surface area (Å²) in [5, 5.41) is 4.25. The Morgan fingerprint density at radius 3 is 3.06 bits per heavy atom. The van der Waals surface area contributed by atoms with Crippen molar-refractivity contribution in [2.24, 2.45) is 0 Å². The van der Waals surface area contributed by atoms with Gasteiger partial charge in [0.15, 0.2) is 0 Å². The molecular formula is C11H16ClN3O2S. The molecule has 0 saturated heterocycles. The van der Waals surface area contributed by atoms with Crippen LogP contribution in [0.4, 0.5) is 5.95 Å². The topological polar surface area (TPSA) is 64.1 Å². The van der Waals surface area contributed by atoms with Crippen LogP contribution in [-0.2, 0) is 9.53 Å². The molecule has 1 N–H and O–H groups in total. The molecule has 18 heavy (non-hydrogen) atoms. The molecule has 1 rings (SSSR count). The normalized spacial score (nSPS) is 10.2. The Hall–Kier alpha value is -1.01. The first-order chi connectivity index (χ1) is 8.67. The SMILES string of the molecule is CCCNc1ncc(Cl)c(SCCC(=O)OC)n1. The van der Waals surface area contributed by atoms with E-state index < -0.39 is 0 Å². The second-order valence-corrected chi connectivity index (χ2v) is 4.94. The van der Waals surface area contributed by atoms with Crippen molar-refractivity contribution in [2.75, 3.05) is 24.7 Å². The van der Waals surface area contributed by atoms with Gasteiger partial charge in [-0.05, 0) is 6.42 Å². The molecule has 1 aromatic heterocycles. The van der Waals surface area contributed by atoms with Gasteiger partial charge in [0.25, 0.3) is 0 Å². The van der Waals surface area contributed by atoms with E-state index in [1.165, 1.54) is 18.9 Å². The van der Waals surface area contributed by atoms with Crippen LogP contribution in [0.25, 0.3) is 0 Å². The van der Waals surface area contributed by atoms with E-state index in [0.29, 0.717) is 28.2 Å². The van der Waals surface area contributed by atoms with Gasteiger partial charge in [-0.3, -0.25) is 4.79 Å². The summed E-state index contributed by atoms with van der Waals surface area (Å²) in [5.41, 5.74) is 0. The summed E-state index contributed by atoms with van der Waals surface area (Å²) < 4.78 is 4.56. The number of halogens is 1. The Bertz CT molecular complexity index is 404. The predicted octanol–water partition coefficient (Wildman–Crippen LogP) is 2.61. The lowest BCUT2D eigenvalue weighted by Crippen LogP contribution is -2.05. The molecule has 0 amide bonds. The number of thioether (sulfide) groups is 1. The molecule has 1 aromatic rings. The van der Waals surface area contributed by atoms with Crippen molar-refractivity contribution in [3.8, 4) is 0 Å². The first-order valence-electron chi connectivity index (χ1n) is 5.63. The van der Waals surface area contributed by atoms with Gasteiger partial charge in [-0.25, -0.2) is 9.97 Å². The fourth-order valence-electron chi connectivity index (χ4n) is 1.11. The number of ether oxygens (including phenoxy) is 1. The largest absolute Gasteiger partial charge is 0.469 e. The lowest BCUT2D eigenvalue weighted by Gasteiger charge is -2.06. The standard InChI is InChI=1S/C11H16ClN3O2S/c1-3-5-13-11-14-7-8(12)10(15-11)18-6-4-9(16)17-2/h7H,3-6H2,1-2H3,(H,13,14,15). The maximum absolute atomic E-state index is 11.0. The number of aromatic nitrogens is 2. The molecule has 0 radical (unpaired) electrons. The highest BCUT2D eigenvalue weighted by molar-refractivity contribution is 7.99. The Labute approximate surface area is 116 Å². The van der Waals surface area contributed by atoms with Crippen LogP contribution in [0.5, 0.6) is 0 Å². The van der Waals surface area contributed by atoms with E-state index in [9.17, 15) is 4.79 Å². The molecule has 0 aromatic carbocycles. The number of hydrogen-bond donors (Lipinski definition) is 1. The smallest absolute Gasteiger partial charge is 0.306 e. The molecule has 1 heterocycles. The van der Waals surface area contributed by atoms with Crippen LogP contribution < -0.4 is 5.32 Å². The monoisotopic (exact) mass is 289 g/mol. The number of nitrogens with one attached hydrogen (secondary N) is 1. The summed E-state index contributed by atoms with van der Waals surface area (Å²) in [4.78, 5) is 19.3. The minimum Gasteiger partial charge on any atom is -0.469 e. The zero-order chi connectivity index (χ0) is 13.4. The molecule has 5 nitrogen and oxygen atoms in total. The Kier molecular flexibility index (Phi) is 6.82. The predicted molar refractivity (Wildman–Crippen MR) is 73.2 cm³/mol. The second kappa shape index (κ2) is 8.16. The average molecular weight is 290 g/mol. The number of carbonyl (C=O) groups excluding carboxylic acids is 1. The first kappa shape index (κ1) is 15.0. The minimum absolute atomic E-state index is 0.239. The lowest BCUT2D eigenvalue weighted by atomic mass is 10.5. The van der Waals surface area contributed by atoms with E-state index in [4.69, 9.17) is 11.6 Å². The molecule has 0 fully saturated rings. The molecule has 0 aliphatic rings. The molecule has 7 heteroatoms. The number of carbonyl (C=O) groups is 1. The van der Waals surface area contributed by atoms with Crippen molar-refractivity contribution >= 4 is 35.3 Å². The third-order valence-electron chi connectivity index (χ3n) is 2.02. The molecule has 100 valence electrons. The maximum Gasteiger partial charge on any atom is 0.306 e. The van der Waals surface area contributed by atoms with E-state index in [-0.39, 0.29) is 5.97 Å². The van der Waals surface area contributed by atoms with Crippen molar-refractivity contribution in [3.63, 3.8) is 0 Å². The maximum atomic E-state index is 11.0. The molecule has 0 aliphatic carbocycles. The summed E-state index contributed by atoms with van der Waals surface area (Å²) >= 11 is 7.40. The zero-order valence-corrected chi connectivity index (χ0v) is 12.0. The molecular weight excluding hydrogens is 274 g/mol. The van der Waals surface area contributed by atoms with Crippen LogP contribution in [0.2, 0.25) is 5.02 Å². The Morgan fingerprint density at radius 2 is 2.39 bits per heavy atom. The van der Waals surface area contributed by atoms with Crippen molar-refractivity contribution in [1.82, 2.24) is 9.97 Å². The van der Waals surface area contributed by atoms with Gasteiger partial charge in [0.05, 0.1) is 24.8 Å². The zero-order valence-electron chi connectivity index (χ0n) is 10.4. The first-order valence-corrected chi connectivity index (χ1v) is 6.99. The molecule has 0 spiro atoms. The van der Waals surface area contributed by atoms with Crippen molar-refractivity contribution < 1.29 is 9.53 Å². The molecule has 0 bridgehead atoms. The summed E-state index contributed by atoms with van der Waals surface area (Å²) in [6.07, 6.45) is 2.89. The summed E-state index contributed by atoms with van der Waals surface area (Å²) in [5.74, 6) is 0.898. The quantitative estimate of drug-likeness (QED) is 0.473. The van der Waals surface area contributed by atoms with Crippen LogP contribution in [-0.4, -0.2) is 35.3 Å². The highest BCUT2D eigenvalue weighted by atomic mass is 35.5. The van der Waals surface area contributed by atoms with Crippen molar-refractivity contribution in [1.29, 1.82) is 0 Å². The fourth-order valence-corrected chi connectivity index (χ4v) is 2.17. The minimum atomic E-state index is -0.239. The highest BCUT2D eigenvalue weighted by Crippen LogP contribution is 2.25. The molecule has 0 unspecified atom stereocenters. The summed E-state index contributed by atoms with van der Waals surface area (Å²) in [6, 6.07) is 0. The fraction of sp³-hybridized carbons (Fsp3) is 0.545. The third-order valence-corrected chi connectivity index (χ3v) is 3.40. The van der Waals surface area contributed by atoms with Crippen LogP contribution >= 0.6 is 23.4 Å². The van der Waals surface area contributed by atoms with Gasteiger partial charge < -0.3 is 10.1 Å². The lowest BCUT2D eigenvalue weighted by molar-refractivity contribution is -0.140.